The molecule has 4 N–H and O–H groups in total. The molecule has 160 valence electrons. The van der Waals surface area contributed by atoms with Crippen LogP contribution in [0.2, 0.25) is 0 Å². The van der Waals surface area contributed by atoms with Gasteiger partial charge in [-0.3, -0.25) is 15.4 Å². The second kappa shape index (κ2) is 12.5. The molecule has 29 heavy (non-hydrogen) atoms. The summed E-state index contributed by atoms with van der Waals surface area (Å²) in [5.74, 6) is -0.438. The number of ether oxygens (including phenoxy) is 2. The lowest BCUT2D eigenvalue weighted by Gasteiger charge is -2.23. The van der Waals surface area contributed by atoms with Crippen molar-refractivity contribution in [1.82, 2.24) is 10.6 Å². The first-order valence-electron chi connectivity index (χ1n) is 10.0. The number of esters is 1. The molecule has 0 radical (unpaired) electrons. The summed E-state index contributed by atoms with van der Waals surface area (Å²) in [6.07, 6.45) is 5.96. The van der Waals surface area contributed by atoms with Crippen LogP contribution in [0.1, 0.15) is 32.3 Å². The maximum Gasteiger partial charge on any atom is 0.323 e. The Morgan fingerprint density at radius 3 is 2.59 bits per heavy atom. The summed E-state index contributed by atoms with van der Waals surface area (Å²) < 4.78 is 10.6. The standard InChI is InChI=1S/C22H32N2O5/c1-16(2)29-22(27)23-14-20(25)24-19(13-17-9-5-3-6-10-17)21(26)28-15-18-11-7-4-8-12-18/h3,5-7,9-12,16,19-20,22-25,27H,4,8,13-15H2,1-2H3/t19-,20?,22?/m0/s1. The topological polar surface area (TPSA) is 100 Å². The molecule has 7 heteroatoms. The van der Waals surface area contributed by atoms with Crippen LogP contribution in [-0.2, 0) is 20.7 Å². The third-order valence-corrected chi connectivity index (χ3v) is 4.30. The van der Waals surface area contributed by atoms with Gasteiger partial charge < -0.3 is 19.7 Å². The van der Waals surface area contributed by atoms with Crippen LogP contribution in [0, 0.1) is 0 Å². The maximum atomic E-state index is 12.7. The van der Waals surface area contributed by atoms with E-state index < -0.39 is 24.7 Å². The Kier molecular flexibility index (Phi) is 10.0. The van der Waals surface area contributed by atoms with Crippen LogP contribution in [-0.4, -0.2) is 54.1 Å². The number of carbonyl (C=O) groups excluding carboxylic acids is 1. The van der Waals surface area contributed by atoms with Crippen LogP contribution in [0.5, 0.6) is 0 Å². The summed E-state index contributed by atoms with van der Waals surface area (Å²) in [5.41, 5.74) is 1.92. The summed E-state index contributed by atoms with van der Waals surface area (Å²) in [4.78, 5) is 12.7. The van der Waals surface area contributed by atoms with Crippen LogP contribution >= 0.6 is 0 Å². The largest absolute Gasteiger partial charge is 0.460 e. The molecule has 0 fully saturated rings. The second-order valence-corrected chi connectivity index (χ2v) is 7.24. The van der Waals surface area contributed by atoms with Gasteiger partial charge in [0.1, 0.15) is 18.9 Å². The highest BCUT2D eigenvalue weighted by molar-refractivity contribution is 5.76. The molecule has 0 aliphatic heterocycles. The van der Waals surface area contributed by atoms with Crippen LogP contribution in [0.3, 0.4) is 0 Å². The molecule has 0 saturated heterocycles. The molecule has 0 spiro atoms. The number of aliphatic hydroxyl groups is 2. The van der Waals surface area contributed by atoms with Gasteiger partial charge in [-0.1, -0.05) is 48.6 Å². The first kappa shape index (κ1) is 23.3. The fourth-order valence-electron chi connectivity index (χ4n) is 2.90. The third kappa shape index (κ3) is 9.34. The van der Waals surface area contributed by atoms with E-state index in [-0.39, 0.29) is 19.3 Å². The monoisotopic (exact) mass is 404 g/mol. The van der Waals surface area contributed by atoms with Gasteiger partial charge in [-0.2, -0.15) is 0 Å². The zero-order valence-corrected chi connectivity index (χ0v) is 17.1. The SMILES string of the molecule is CC(C)OC(O)NCC(O)N[C@@H](Cc1ccccc1)C(=O)OCC1=CCCC=C1. The molecule has 0 saturated carbocycles. The zero-order chi connectivity index (χ0) is 21.1. The third-order valence-electron chi connectivity index (χ3n) is 4.30. The fourth-order valence-corrected chi connectivity index (χ4v) is 2.90. The average molecular weight is 405 g/mol. The molecule has 2 unspecified atom stereocenters. The molecule has 3 atom stereocenters. The summed E-state index contributed by atoms with van der Waals surface area (Å²) in [7, 11) is 0. The summed E-state index contributed by atoms with van der Waals surface area (Å²) in [5, 5.41) is 25.5. The summed E-state index contributed by atoms with van der Waals surface area (Å²) >= 11 is 0. The summed E-state index contributed by atoms with van der Waals surface area (Å²) in [6, 6.07) is 8.80. The number of allylic oxidation sites excluding steroid dienone is 2. The molecule has 1 aliphatic rings. The van der Waals surface area contributed by atoms with Crippen LogP contribution in [0.15, 0.2) is 54.1 Å². The van der Waals surface area contributed by atoms with Crippen molar-refractivity contribution in [2.75, 3.05) is 13.2 Å². The molecule has 0 aromatic heterocycles. The van der Waals surface area contributed by atoms with E-state index in [0.29, 0.717) is 6.42 Å². The lowest BCUT2D eigenvalue weighted by Crippen LogP contribution is -2.51. The number of hydrogen-bond acceptors (Lipinski definition) is 7. The van der Waals surface area contributed by atoms with E-state index >= 15 is 0 Å². The number of aliphatic hydroxyl groups excluding tert-OH is 2. The minimum absolute atomic E-state index is 0.000344. The minimum Gasteiger partial charge on any atom is -0.460 e. The number of benzene rings is 1. The fraction of sp³-hybridized carbons (Fsp3) is 0.500. The van der Waals surface area contributed by atoms with E-state index in [4.69, 9.17) is 9.47 Å². The molecular weight excluding hydrogens is 372 g/mol. The number of hydrogen-bond donors (Lipinski definition) is 4. The highest BCUT2D eigenvalue weighted by Gasteiger charge is 2.24. The van der Waals surface area contributed by atoms with Crippen molar-refractivity contribution in [1.29, 1.82) is 0 Å². The Morgan fingerprint density at radius 1 is 1.17 bits per heavy atom. The van der Waals surface area contributed by atoms with E-state index in [1.807, 2.05) is 36.4 Å². The molecule has 1 aromatic carbocycles. The van der Waals surface area contributed by atoms with E-state index in [9.17, 15) is 15.0 Å². The minimum atomic E-state index is -1.20. The van der Waals surface area contributed by atoms with Gasteiger partial charge in [0.05, 0.1) is 6.10 Å². The zero-order valence-electron chi connectivity index (χ0n) is 17.1. The van der Waals surface area contributed by atoms with E-state index in [2.05, 4.69) is 22.8 Å². The predicted octanol–water partition coefficient (Wildman–Crippen LogP) is 1.62. The maximum absolute atomic E-state index is 12.7. The van der Waals surface area contributed by atoms with Gasteiger partial charge in [-0.05, 0) is 44.2 Å². The van der Waals surface area contributed by atoms with Gasteiger partial charge in [0.25, 0.3) is 0 Å². The Bertz CT molecular complexity index is 675. The lowest BCUT2D eigenvalue weighted by molar-refractivity contribution is -0.149. The normalized spacial score (nSPS) is 16.9. The van der Waals surface area contributed by atoms with Crippen LogP contribution in [0.4, 0.5) is 0 Å². The number of carbonyl (C=O) groups is 1. The van der Waals surface area contributed by atoms with Crippen LogP contribution in [0.25, 0.3) is 0 Å². The average Bonchev–Trinajstić information content (AvgIpc) is 2.71. The molecule has 0 heterocycles. The van der Waals surface area contributed by atoms with Gasteiger partial charge in [-0.15, -0.1) is 0 Å². The molecule has 7 nitrogen and oxygen atoms in total. The van der Waals surface area contributed by atoms with Crippen molar-refractivity contribution in [2.24, 2.45) is 0 Å². The predicted molar refractivity (Wildman–Crippen MR) is 111 cm³/mol. The number of rotatable bonds is 12. The van der Waals surface area contributed by atoms with Crippen molar-refractivity contribution >= 4 is 5.97 Å². The van der Waals surface area contributed by atoms with Crippen molar-refractivity contribution in [3.05, 3.63) is 59.7 Å². The van der Waals surface area contributed by atoms with Crippen LogP contribution < -0.4 is 10.6 Å². The van der Waals surface area contributed by atoms with E-state index in [1.165, 1.54) is 0 Å². The van der Waals surface area contributed by atoms with Gasteiger partial charge in [-0.25, -0.2) is 0 Å². The molecule has 0 bridgehead atoms. The molecular formula is C22H32N2O5. The van der Waals surface area contributed by atoms with E-state index in [0.717, 1.165) is 24.0 Å². The molecule has 0 amide bonds. The van der Waals surface area contributed by atoms with Crippen molar-refractivity contribution < 1.29 is 24.5 Å². The Hall–Kier alpha value is -2.03. The van der Waals surface area contributed by atoms with Gasteiger partial charge in [0.15, 0.2) is 0 Å². The lowest BCUT2D eigenvalue weighted by atomic mass is 10.1. The second-order valence-electron chi connectivity index (χ2n) is 7.24. The first-order chi connectivity index (χ1) is 13.9. The quantitative estimate of drug-likeness (QED) is 0.310. The summed E-state index contributed by atoms with van der Waals surface area (Å²) in [6.45, 7) is 3.79. The highest BCUT2D eigenvalue weighted by Crippen LogP contribution is 2.11. The Labute approximate surface area is 172 Å². The molecule has 1 aromatic rings. The van der Waals surface area contributed by atoms with Gasteiger partial charge in [0.2, 0.25) is 6.41 Å². The van der Waals surface area contributed by atoms with Crippen molar-refractivity contribution in [2.45, 2.75) is 57.9 Å². The van der Waals surface area contributed by atoms with Crippen molar-refractivity contribution in [3.63, 3.8) is 0 Å². The molecule has 1 aliphatic carbocycles. The highest BCUT2D eigenvalue weighted by atomic mass is 16.6. The first-order valence-corrected chi connectivity index (χ1v) is 10.0. The van der Waals surface area contributed by atoms with E-state index in [1.54, 1.807) is 13.8 Å². The Balaban J connectivity index is 1.91. The smallest absolute Gasteiger partial charge is 0.323 e. The van der Waals surface area contributed by atoms with Gasteiger partial charge >= 0.3 is 5.97 Å². The van der Waals surface area contributed by atoms with Gasteiger partial charge in [0, 0.05) is 6.54 Å². The van der Waals surface area contributed by atoms with Crippen molar-refractivity contribution in [3.8, 4) is 0 Å². The Morgan fingerprint density at radius 2 is 1.93 bits per heavy atom. The molecule has 2 rings (SSSR count). The number of nitrogens with one attached hydrogen (secondary N) is 2.